The minimum absolute atomic E-state index is 0.372. The van der Waals surface area contributed by atoms with Crippen molar-refractivity contribution in [3.63, 3.8) is 0 Å². The fourth-order valence-electron chi connectivity index (χ4n) is 10.7. The van der Waals surface area contributed by atoms with E-state index in [0.717, 1.165) is 0 Å². The second-order valence-electron chi connectivity index (χ2n) is 21.3. The first-order valence-electron chi connectivity index (χ1n) is 20.5. The molecule has 0 fully saturated rings. The van der Waals surface area contributed by atoms with Crippen LogP contribution in [0.5, 0.6) is 0 Å². The van der Waals surface area contributed by atoms with Crippen LogP contribution in [0.15, 0.2) is 84.9 Å². The van der Waals surface area contributed by atoms with E-state index in [-0.39, 0.29) is 0 Å². The molecular weight excluding hydrogens is 807 g/mol. The molecule has 2 atom stereocenters. The van der Waals surface area contributed by atoms with E-state index < -0.39 is 14.2 Å². The van der Waals surface area contributed by atoms with Crippen LogP contribution in [-0.4, -0.2) is 6.94 Å². The standard InChI is InChI=1S/2C21H23.2C3H7.2CH3.Hf.H2Si/c2*1-14(2)17-11-18(15(3)4)13-19(12-17)21-10-6-8-16-7-5-9-20(16)21;2*1-3-2;;;;/h2*5-15H,1-4H3;2*3H,1-2H3;2*1H3;;1H2. The van der Waals surface area contributed by atoms with Crippen molar-refractivity contribution in [3.05, 3.63) is 129 Å². The average molecular weight is 876 g/mol. The van der Waals surface area contributed by atoms with Gasteiger partial charge in [-0.15, -0.1) is 0 Å². The molecule has 0 heterocycles. The summed E-state index contributed by atoms with van der Waals surface area (Å²) in [6.45, 7) is 31.6. The first-order chi connectivity index (χ1) is 24.1. The SMILES string of the molecule is CC(C)c1cc(-c2cccc3c2C=C[CH]3[Hf]([CH3])([CH3])(=[SiH2])([CH](C)C)([CH](C)C)[CH]2C=Cc3c(-c4cc(C(C)C)cc(C(C)C)c4)cccc32)cc(C(C)C)c1. The van der Waals surface area contributed by atoms with E-state index in [0.29, 0.717) is 38.4 Å². The summed E-state index contributed by atoms with van der Waals surface area (Å²) in [5.41, 5.74) is 17.2. The zero-order valence-electron chi connectivity index (χ0n) is 35.1. The van der Waals surface area contributed by atoms with E-state index in [1.807, 2.05) is 0 Å². The summed E-state index contributed by atoms with van der Waals surface area (Å²) in [5, 5.41) is 0. The zero-order chi connectivity index (χ0) is 38.2. The molecule has 0 N–H and O–H groups in total. The average Bonchev–Trinajstić information content (AvgIpc) is 3.75. The third-order valence-corrected chi connectivity index (χ3v) is 97.8. The molecule has 0 saturated carbocycles. The Morgan fingerprint density at radius 1 is 0.462 bits per heavy atom. The van der Waals surface area contributed by atoms with Crippen LogP contribution in [0.25, 0.3) is 34.4 Å². The summed E-state index contributed by atoms with van der Waals surface area (Å²) in [4.78, 5) is 0. The Morgan fingerprint density at radius 2 is 0.769 bits per heavy atom. The van der Waals surface area contributed by atoms with Crippen LogP contribution >= 0.6 is 0 Å². The summed E-state index contributed by atoms with van der Waals surface area (Å²) < 4.78 is 7.58. The molecule has 2 aliphatic rings. The predicted octanol–water partition coefficient (Wildman–Crippen LogP) is 15.4. The number of hydrogen-bond donors (Lipinski definition) is 0. The van der Waals surface area contributed by atoms with Crippen molar-refractivity contribution >= 4 is 19.1 Å². The van der Waals surface area contributed by atoms with Gasteiger partial charge in [-0.1, -0.05) is 0 Å². The molecule has 6 rings (SSSR count). The van der Waals surface area contributed by atoms with E-state index in [2.05, 4.69) is 196 Å². The molecule has 2 unspecified atom stereocenters. The topological polar surface area (TPSA) is 0 Å². The van der Waals surface area contributed by atoms with Gasteiger partial charge in [0, 0.05) is 0 Å². The molecule has 2 heteroatoms. The zero-order valence-corrected chi connectivity index (χ0v) is 40.1. The van der Waals surface area contributed by atoms with E-state index in [4.69, 9.17) is 0 Å². The van der Waals surface area contributed by atoms with Gasteiger partial charge in [0.05, 0.1) is 0 Å². The van der Waals surface area contributed by atoms with Gasteiger partial charge in [0.15, 0.2) is 0 Å². The van der Waals surface area contributed by atoms with Crippen LogP contribution in [0.1, 0.15) is 159 Å². The Kier molecular flexibility index (Phi) is 9.21. The number of hydrogen-bond acceptors (Lipinski definition) is 0. The van der Waals surface area contributed by atoms with Crippen molar-refractivity contribution in [2.75, 3.05) is 0 Å². The Balaban J connectivity index is 1.61. The van der Waals surface area contributed by atoms with Crippen LogP contribution in [0.2, 0.25) is 16.7 Å². The van der Waals surface area contributed by atoms with E-state index >= 15 is 0 Å². The Labute approximate surface area is 313 Å². The van der Waals surface area contributed by atoms with E-state index in [9.17, 15) is 0 Å². The molecular formula is C50H68HfSi. The van der Waals surface area contributed by atoms with Gasteiger partial charge >= 0.3 is 316 Å². The monoisotopic (exact) mass is 876 g/mol. The molecule has 4 aromatic rings. The van der Waals surface area contributed by atoms with Crippen molar-refractivity contribution < 1.29 is 14.2 Å². The maximum atomic E-state index is 2.90. The molecule has 0 radical (unpaired) electrons. The fourth-order valence-corrected chi connectivity index (χ4v) is 51.6. The van der Waals surface area contributed by atoms with Crippen molar-refractivity contribution in [2.24, 2.45) is 0 Å². The normalized spacial score (nSPS) is 19.1. The van der Waals surface area contributed by atoms with Crippen LogP contribution in [0.3, 0.4) is 0 Å². The van der Waals surface area contributed by atoms with Gasteiger partial charge in [-0.2, -0.15) is 0 Å². The van der Waals surface area contributed by atoms with Gasteiger partial charge < -0.3 is 0 Å². The predicted molar refractivity (Wildman–Crippen MR) is 234 cm³/mol. The molecule has 52 heavy (non-hydrogen) atoms. The second kappa shape index (κ2) is 12.2. The molecule has 0 saturated heterocycles. The third-order valence-electron chi connectivity index (χ3n) is 17.0. The van der Waals surface area contributed by atoms with Gasteiger partial charge in [-0.25, -0.2) is 0 Å². The Bertz CT molecular complexity index is 2050. The quantitative estimate of drug-likeness (QED) is 0.139. The number of rotatable bonds is 10. The van der Waals surface area contributed by atoms with Gasteiger partial charge in [-0.3, -0.25) is 0 Å². The van der Waals surface area contributed by atoms with Gasteiger partial charge in [0.25, 0.3) is 0 Å². The molecule has 2 aliphatic carbocycles. The van der Waals surface area contributed by atoms with Gasteiger partial charge in [-0.05, 0) is 0 Å². The molecule has 0 amide bonds. The maximum absolute atomic E-state index is 5.31. The van der Waals surface area contributed by atoms with Crippen LogP contribution in [-0.2, 0) is 14.2 Å². The minimum atomic E-state index is -5.31. The molecule has 4 aromatic carbocycles. The second-order valence-corrected chi connectivity index (χ2v) is 97.4. The van der Waals surface area contributed by atoms with Crippen molar-refractivity contribution in [1.82, 2.24) is 0 Å². The Hall–Kier alpha value is -2.55. The molecule has 276 valence electrons. The fraction of sp³-hybridized carbons (Fsp3) is 0.440. The third kappa shape index (κ3) is 5.26. The summed E-state index contributed by atoms with van der Waals surface area (Å²) in [5.74, 6) is 1.96. The van der Waals surface area contributed by atoms with Crippen molar-refractivity contribution in [3.8, 4) is 22.3 Å². The number of fused-ring (bicyclic) bond motifs is 2. The van der Waals surface area contributed by atoms with Crippen LogP contribution in [0.4, 0.5) is 0 Å². The van der Waals surface area contributed by atoms with Gasteiger partial charge in [0.1, 0.15) is 0 Å². The molecule has 0 aromatic heterocycles. The van der Waals surface area contributed by atoms with Gasteiger partial charge in [0.2, 0.25) is 0 Å². The molecule has 0 nitrogen and oxygen atoms in total. The summed E-state index contributed by atoms with van der Waals surface area (Å²) >= 11 is -5.31. The molecule has 0 spiro atoms. The summed E-state index contributed by atoms with van der Waals surface area (Å²) in [6.07, 6.45) is 10.5. The van der Waals surface area contributed by atoms with Crippen molar-refractivity contribution in [2.45, 2.75) is 131 Å². The van der Waals surface area contributed by atoms with Crippen LogP contribution in [0, 0.1) is 0 Å². The van der Waals surface area contributed by atoms with E-state index in [1.165, 1.54) is 55.6 Å². The summed E-state index contributed by atoms with van der Waals surface area (Å²) in [6, 6.07) is 29.3. The van der Waals surface area contributed by atoms with Crippen molar-refractivity contribution in [1.29, 1.82) is 0 Å². The number of allylic oxidation sites excluding steroid dienone is 2. The first kappa shape index (κ1) is 39.1. The Morgan fingerprint density at radius 3 is 1.04 bits per heavy atom. The van der Waals surface area contributed by atoms with Crippen LogP contribution < -0.4 is 0 Å². The first-order valence-corrected chi connectivity index (χ1v) is 44.3. The molecule has 0 bridgehead atoms. The van der Waals surface area contributed by atoms with E-state index in [1.54, 1.807) is 11.1 Å². The summed E-state index contributed by atoms with van der Waals surface area (Å²) in [7, 11) is 0. The number of benzene rings is 4. The molecule has 0 aliphatic heterocycles.